The molecule has 0 amide bonds. The zero-order valence-electron chi connectivity index (χ0n) is 7.65. The van der Waals surface area contributed by atoms with Crippen molar-refractivity contribution in [3.8, 4) is 11.8 Å². The van der Waals surface area contributed by atoms with Gasteiger partial charge in [0.2, 0.25) is 0 Å². The molecule has 1 unspecified atom stereocenters. The fraction of sp³-hybridized carbons (Fsp3) is 0.300. The van der Waals surface area contributed by atoms with Gasteiger partial charge < -0.3 is 9.84 Å². The van der Waals surface area contributed by atoms with Crippen LogP contribution in [0, 0.1) is 11.8 Å². The number of ether oxygens (including phenoxy) is 1. The van der Waals surface area contributed by atoms with Crippen LogP contribution in [0.3, 0.4) is 0 Å². The van der Waals surface area contributed by atoms with Crippen LogP contribution >= 0.6 is 0 Å². The van der Waals surface area contributed by atoms with E-state index in [0.717, 1.165) is 0 Å². The van der Waals surface area contributed by atoms with Crippen LogP contribution in [0.15, 0.2) is 24.3 Å². The fourth-order valence-corrected chi connectivity index (χ4v) is 0.513. The standard InChI is InChI=1S/C10H12O3/c1-3-4-5-6-9(11)7-8-10(12)13-2/h3-6,9,11H,1-2H3/b4-3+,6-5+. The van der Waals surface area contributed by atoms with Crippen molar-refractivity contribution in [1.29, 1.82) is 0 Å². The molecule has 0 aromatic carbocycles. The predicted molar refractivity (Wildman–Crippen MR) is 49.8 cm³/mol. The molecule has 13 heavy (non-hydrogen) atoms. The normalized spacial score (nSPS) is 12.5. The number of hydrogen-bond donors (Lipinski definition) is 1. The van der Waals surface area contributed by atoms with Crippen LogP contribution in [-0.2, 0) is 9.53 Å². The number of hydrogen-bond acceptors (Lipinski definition) is 3. The molecule has 3 nitrogen and oxygen atoms in total. The van der Waals surface area contributed by atoms with Crippen LogP contribution in [0.1, 0.15) is 6.92 Å². The van der Waals surface area contributed by atoms with Gasteiger partial charge in [0.25, 0.3) is 0 Å². The highest BCUT2D eigenvalue weighted by molar-refractivity contribution is 5.88. The molecule has 0 aliphatic carbocycles. The second-order valence-electron chi connectivity index (χ2n) is 2.12. The lowest BCUT2D eigenvalue weighted by molar-refractivity contribution is -0.133. The molecule has 3 heteroatoms. The van der Waals surface area contributed by atoms with Crippen molar-refractivity contribution < 1.29 is 14.6 Å². The lowest BCUT2D eigenvalue weighted by atomic mass is 10.3. The van der Waals surface area contributed by atoms with E-state index in [2.05, 4.69) is 16.6 Å². The van der Waals surface area contributed by atoms with Gasteiger partial charge in [0.15, 0.2) is 0 Å². The second-order valence-corrected chi connectivity index (χ2v) is 2.12. The molecule has 0 aliphatic rings. The number of carbonyl (C=O) groups is 1. The van der Waals surface area contributed by atoms with Gasteiger partial charge in [0.1, 0.15) is 6.10 Å². The number of allylic oxidation sites excluding steroid dienone is 3. The Hall–Kier alpha value is -1.53. The maximum Gasteiger partial charge on any atom is 0.384 e. The smallest absolute Gasteiger partial charge is 0.384 e. The Balaban J connectivity index is 4.04. The van der Waals surface area contributed by atoms with E-state index in [1.54, 1.807) is 12.2 Å². The number of aliphatic hydroxyl groups is 1. The number of aliphatic hydroxyl groups excluding tert-OH is 1. The van der Waals surface area contributed by atoms with Gasteiger partial charge >= 0.3 is 5.97 Å². The summed E-state index contributed by atoms with van der Waals surface area (Å²) >= 11 is 0. The summed E-state index contributed by atoms with van der Waals surface area (Å²) in [5.41, 5.74) is 0. The topological polar surface area (TPSA) is 46.5 Å². The summed E-state index contributed by atoms with van der Waals surface area (Å²) in [6.45, 7) is 1.86. The second kappa shape index (κ2) is 7.14. The maximum absolute atomic E-state index is 10.5. The maximum atomic E-state index is 10.5. The average molecular weight is 180 g/mol. The fourth-order valence-electron chi connectivity index (χ4n) is 0.513. The summed E-state index contributed by atoms with van der Waals surface area (Å²) in [7, 11) is 1.24. The van der Waals surface area contributed by atoms with Crippen LogP contribution in [0.5, 0.6) is 0 Å². The van der Waals surface area contributed by atoms with E-state index in [4.69, 9.17) is 5.11 Å². The van der Waals surface area contributed by atoms with E-state index in [1.165, 1.54) is 13.2 Å². The first-order valence-corrected chi connectivity index (χ1v) is 3.77. The zero-order chi connectivity index (χ0) is 10.1. The van der Waals surface area contributed by atoms with Crippen molar-refractivity contribution in [2.24, 2.45) is 0 Å². The predicted octanol–water partition coefficient (Wildman–Crippen LogP) is 0.656. The third-order valence-electron chi connectivity index (χ3n) is 1.10. The van der Waals surface area contributed by atoms with Crippen LogP contribution in [-0.4, -0.2) is 24.3 Å². The van der Waals surface area contributed by atoms with E-state index in [-0.39, 0.29) is 0 Å². The minimum Gasteiger partial charge on any atom is -0.459 e. The summed E-state index contributed by atoms with van der Waals surface area (Å²) in [4.78, 5) is 10.5. The first-order valence-electron chi connectivity index (χ1n) is 3.77. The van der Waals surface area contributed by atoms with Crippen LogP contribution in [0.25, 0.3) is 0 Å². The van der Waals surface area contributed by atoms with Crippen LogP contribution in [0.4, 0.5) is 0 Å². The van der Waals surface area contributed by atoms with Gasteiger partial charge in [-0.2, -0.15) is 0 Å². The Labute approximate surface area is 77.7 Å². The van der Waals surface area contributed by atoms with Crippen molar-refractivity contribution in [2.75, 3.05) is 7.11 Å². The lowest BCUT2D eigenvalue weighted by Gasteiger charge is -1.90. The Kier molecular flexibility index (Phi) is 6.30. The number of methoxy groups -OCH3 is 1. The SMILES string of the molecule is C/C=C/C=C/C(O)C#CC(=O)OC. The lowest BCUT2D eigenvalue weighted by Crippen LogP contribution is -2.00. The molecule has 1 N–H and O–H groups in total. The molecule has 0 radical (unpaired) electrons. The molecule has 0 aromatic heterocycles. The van der Waals surface area contributed by atoms with E-state index in [9.17, 15) is 4.79 Å². The molecule has 0 saturated carbocycles. The summed E-state index contributed by atoms with van der Waals surface area (Å²) < 4.78 is 4.26. The van der Waals surface area contributed by atoms with Crippen molar-refractivity contribution in [3.05, 3.63) is 24.3 Å². The van der Waals surface area contributed by atoms with Crippen molar-refractivity contribution in [2.45, 2.75) is 13.0 Å². The highest BCUT2D eigenvalue weighted by atomic mass is 16.5. The Morgan fingerprint density at radius 2 is 2.23 bits per heavy atom. The minimum atomic E-state index is -0.935. The third-order valence-corrected chi connectivity index (χ3v) is 1.10. The molecule has 0 rings (SSSR count). The van der Waals surface area contributed by atoms with Gasteiger partial charge in [-0.15, -0.1) is 0 Å². The van der Waals surface area contributed by atoms with Gasteiger partial charge in [-0.05, 0) is 13.0 Å². The quantitative estimate of drug-likeness (QED) is 0.294. The Bertz CT molecular complexity index is 266. The molecule has 0 spiro atoms. The van der Waals surface area contributed by atoms with Gasteiger partial charge in [-0.3, -0.25) is 0 Å². The third kappa shape index (κ3) is 6.85. The van der Waals surface area contributed by atoms with Crippen LogP contribution < -0.4 is 0 Å². The first-order chi connectivity index (χ1) is 6.20. The Morgan fingerprint density at radius 3 is 2.77 bits per heavy atom. The molecular formula is C10H12O3. The molecule has 1 atom stereocenters. The zero-order valence-corrected chi connectivity index (χ0v) is 7.65. The minimum absolute atomic E-state index is 0.654. The Morgan fingerprint density at radius 1 is 1.54 bits per heavy atom. The van der Waals surface area contributed by atoms with Crippen molar-refractivity contribution >= 4 is 5.97 Å². The van der Waals surface area contributed by atoms with E-state index >= 15 is 0 Å². The number of esters is 1. The van der Waals surface area contributed by atoms with Crippen LogP contribution in [0.2, 0.25) is 0 Å². The van der Waals surface area contributed by atoms with Gasteiger partial charge in [0.05, 0.1) is 7.11 Å². The molecule has 0 bridgehead atoms. The summed E-state index contributed by atoms with van der Waals surface area (Å²) in [6, 6.07) is 0. The molecule has 0 fully saturated rings. The summed E-state index contributed by atoms with van der Waals surface area (Å²) in [5.74, 6) is 3.77. The van der Waals surface area contributed by atoms with E-state index in [1.807, 2.05) is 13.0 Å². The molecule has 0 aliphatic heterocycles. The van der Waals surface area contributed by atoms with Gasteiger partial charge in [-0.1, -0.05) is 24.1 Å². The highest BCUT2D eigenvalue weighted by Crippen LogP contribution is 1.84. The summed E-state index contributed by atoms with van der Waals surface area (Å²) in [6.07, 6.45) is 5.75. The van der Waals surface area contributed by atoms with Gasteiger partial charge in [0, 0.05) is 5.92 Å². The summed E-state index contributed by atoms with van der Waals surface area (Å²) in [5, 5.41) is 9.12. The molecule has 70 valence electrons. The molecule has 0 saturated heterocycles. The number of rotatable bonds is 2. The average Bonchev–Trinajstić information content (AvgIpc) is 2.14. The van der Waals surface area contributed by atoms with Crippen molar-refractivity contribution in [3.63, 3.8) is 0 Å². The highest BCUT2D eigenvalue weighted by Gasteiger charge is 1.92. The number of carbonyl (C=O) groups excluding carboxylic acids is 1. The molecular weight excluding hydrogens is 168 g/mol. The molecule has 0 aromatic rings. The van der Waals surface area contributed by atoms with E-state index < -0.39 is 12.1 Å². The first kappa shape index (κ1) is 11.5. The largest absolute Gasteiger partial charge is 0.459 e. The van der Waals surface area contributed by atoms with E-state index in [0.29, 0.717) is 0 Å². The monoisotopic (exact) mass is 180 g/mol. The van der Waals surface area contributed by atoms with Crippen molar-refractivity contribution in [1.82, 2.24) is 0 Å². The van der Waals surface area contributed by atoms with Gasteiger partial charge in [-0.25, -0.2) is 4.79 Å². The molecule has 0 heterocycles.